The lowest BCUT2D eigenvalue weighted by atomic mass is 10.1. The molecule has 3 rings (SSSR count). The van der Waals surface area contributed by atoms with Gasteiger partial charge in [0.25, 0.3) is 0 Å². The van der Waals surface area contributed by atoms with Gasteiger partial charge in [-0.25, -0.2) is 0 Å². The van der Waals surface area contributed by atoms with Gasteiger partial charge < -0.3 is 9.73 Å². The molecule has 1 N–H and O–H groups in total. The van der Waals surface area contributed by atoms with Gasteiger partial charge in [-0.15, -0.1) is 0 Å². The van der Waals surface area contributed by atoms with Crippen LogP contribution in [0, 0.1) is 11.3 Å². The molecule has 6 nitrogen and oxygen atoms in total. The summed E-state index contributed by atoms with van der Waals surface area (Å²) < 4.78 is 5.39. The minimum atomic E-state index is -0.238. The van der Waals surface area contributed by atoms with Crippen molar-refractivity contribution in [1.29, 1.82) is 5.26 Å². The lowest BCUT2D eigenvalue weighted by Gasteiger charge is -2.37. The van der Waals surface area contributed by atoms with Crippen LogP contribution in [0.4, 0.5) is 5.69 Å². The van der Waals surface area contributed by atoms with Crippen molar-refractivity contribution in [3.63, 3.8) is 0 Å². The maximum atomic E-state index is 12.5. The zero-order chi connectivity index (χ0) is 17.6. The quantitative estimate of drug-likeness (QED) is 0.906. The second-order valence-corrected chi connectivity index (χ2v) is 6.21. The van der Waals surface area contributed by atoms with Gasteiger partial charge in [0.05, 0.1) is 30.1 Å². The van der Waals surface area contributed by atoms with Crippen molar-refractivity contribution >= 4 is 11.6 Å². The standard InChI is InChI=1S/C19H22N4O2/c1-15(19(24)21-18-7-3-2-5-16(18)13-20)23-10-8-22(9-11-23)14-17-6-4-12-25-17/h2-7,12,15H,8-11,14H2,1H3,(H,21,24)/t15-/m0/s1. The fourth-order valence-electron chi connectivity index (χ4n) is 3.02. The van der Waals surface area contributed by atoms with Crippen molar-refractivity contribution in [2.24, 2.45) is 0 Å². The fourth-order valence-corrected chi connectivity index (χ4v) is 3.02. The monoisotopic (exact) mass is 338 g/mol. The second kappa shape index (κ2) is 7.97. The summed E-state index contributed by atoms with van der Waals surface area (Å²) in [7, 11) is 0. The summed E-state index contributed by atoms with van der Waals surface area (Å²) in [4.78, 5) is 17.0. The van der Waals surface area contributed by atoms with Crippen molar-refractivity contribution in [2.75, 3.05) is 31.5 Å². The molecule has 0 saturated carbocycles. The van der Waals surface area contributed by atoms with E-state index in [0.29, 0.717) is 11.3 Å². The Labute approximate surface area is 147 Å². The molecule has 1 aromatic carbocycles. The molecule has 0 unspecified atom stereocenters. The van der Waals surface area contributed by atoms with Crippen LogP contribution in [0.1, 0.15) is 18.2 Å². The van der Waals surface area contributed by atoms with Crippen molar-refractivity contribution in [1.82, 2.24) is 9.80 Å². The van der Waals surface area contributed by atoms with Gasteiger partial charge in [-0.1, -0.05) is 12.1 Å². The molecule has 1 aromatic heterocycles. The molecule has 0 spiro atoms. The largest absolute Gasteiger partial charge is 0.468 e. The molecule has 6 heteroatoms. The Balaban J connectivity index is 1.52. The van der Waals surface area contributed by atoms with Crippen molar-refractivity contribution in [3.05, 3.63) is 54.0 Å². The normalized spacial score (nSPS) is 17.0. The molecule has 1 atom stereocenters. The first kappa shape index (κ1) is 17.2. The summed E-state index contributed by atoms with van der Waals surface area (Å²) in [6.45, 7) is 6.16. The van der Waals surface area contributed by atoms with Crippen LogP contribution in [0.2, 0.25) is 0 Å². The number of furan rings is 1. The predicted octanol–water partition coefficient (Wildman–Crippen LogP) is 2.30. The predicted molar refractivity (Wildman–Crippen MR) is 94.8 cm³/mol. The first-order valence-electron chi connectivity index (χ1n) is 8.46. The summed E-state index contributed by atoms with van der Waals surface area (Å²) in [6.07, 6.45) is 1.69. The Morgan fingerprint density at radius 1 is 1.24 bits per heavy atom. The topological polar surface area (TPSA) is 72.5 Å². The number of nitriles is 1. The van der Waals surface area contributed by atoms with E-state index in [1.807, 2.05) is 25.1 Å². The highest BCUT2D eigenvalue weighted by Gasteiger charge is 2.26. The molecule has 25 heavy (non-hydrogen) atoms. The van der Waals surface area contributed by atoms with Gasteiger partial charge in [-0.2, -0.15) is 5.26 Å². The summed E-state index contributed by atoms with van der Waals surface area (Å²) in [5.74, 6) is 0.884. The highest BCUT2D eigenvalue weighted by Crippen LogP contribution is 2.16. The molecule has 1 aliphatic heterocycles. The molecule has 2 aromatic rings. The van der Waals surface area contributed by atoms with Gasteiger partial charge in [-0.3, -0.25) is 14.6 Å². The molecule has 0 bridgehead atoms. The van der Waals surface area contributed by atoms with Crippen LogP contribution in [0.5, 0.6) is 0 Å². The van der Waals surface area contributed by atoms with Crippen molar-refractivity contribution in [3.8, 4) is 6.07 Å². The van der Waals surface area contributed by atoms with Gasteiger partial charge in [0.15, 0.2) is 0 Å². The highest BCUT2D eigenvalue weighted by atomic mass is 16.3. The van der Waals surface area contributed by atoms with E-state index in [9.17, 15) is 4.79 Å². The third kappa shape index (κ3) is 4.27. The molecule has 1 fully saturated rings. The molecule has 130 valence electrons. The van der Waals surface area contributed by atoms with Crippen LogP contribution in [0.15, 0.2) is 47.1 Å². The van der Waals surface area contributed by atoms with E-state index in [1.54, 1.807) is 24.5 Å². The number of anilines is 1. The molecule has 2 heterocycles. The Hall–Kier alpha value is -2.62. The van der Waals surface area contributed by atoms with Crippen LogP contribution in [0.3, 0.4) is 0 Å². The van der Waals surface area contributed by atoms with Crippen LogP contribution >= 0.6 is 0 Å². The minimum absolute atomic E-state index is 0.0813. The number of benzene rings is 1. The number of para-hydroxylation sites is 1. The van der Waals surface area contributed by atoms with Gasteiger partial charge in [-0.05, 0) is 31.2 Å². The molecular weight excluding hydrogens is 316 g/mol. The number of carbonyl (C=O) groups excluding carboxylic acids is 1. The number of hydrogen-bond acceptors (Lipinski definition) is 5. The summed E-state index contributed by atoms with van der Waals surface area (Å²) in [6, 6.07) is 12.8. The molecule has 1 aliphatic rings. The van der Waals surface area contributed by atoms with Gasteiger partial charge in [0, 0.05) is 26.2 Å². The van der Waals surface area contributed by atoms with E-state index >= 15 is 0 Å². The Morgan fingerprint density at radius 2 is 2.00 bits per heavy atom. The van der Waals surface area contributed by atoms with E-state index < -0.39 is 0 Å². The van der Waals surface area contributed by atoms with E-state index in [4.69, 9.17) is 9.68 Å². The molecule has 0 radical (unpaired) electrons. The van der Waals surface area contributed by atoms with E-state index in [0.717, 1.165) is 38.5 Å². The van der Waals surface area contributed by atoms with Crippen LogP contribution in [0.25, 0.3) is 0 Å². The van der Waals surface area contributed by atoms with E-state index in [-0.39, 0.29) is 11.9 Å². The minimum Gasteiger partial charge on any atom is -0.468 e. The highest BCUT2D eigenvalue weighted by molar-refractivity contribution is 5.95. The van der Waals surface area contributed by atoms with E-state index in [2.05, 4.69) is 21.2 Å². The maximum absolute atomic E-state index is 12.5. The number of hydrogen-bond donors (Lipinski definition) is 1. The average molecular weight is 338 g/mol. The van der Waals surface area contributed by atoms with Crippen LogP contribution in [-0.2, 0) is 11.3 Å². The molecule has 0 aliphatic carbocycles. The first-order chi connectivity index (χ1) is 12.2. The Kier molecular flexibility index (Phi) is 5.49. The number of amides is 1. The third-order valence-corrected chi connectivity index (χ3v) is 4.60. The molecule has 1 saturated heterocycles. The van der Waals surface area contributed by atoms with E-state index in [1.165, 1.54) is 0 Å². The summed E-state index contributed by atoms with van der Waals surface area (Å²) in [5, 5.41) is 12.0. The lowest BCUT2D eigenvalue weighted by molar-refractivity contribution is -0.121. The summed E-state index contributed by atoms with van der Waals surface area (Å²) >= 11 is 0. The summed E-state index contributed by atoms with van der Waals surface area (Å²) in [5.41, 5.74) is 1.05. The van der Waals surface area contributed by atoms with Gasteiger partial charge in [0.2, 0.25) is 5.91 Å². The molecule has 1 amide bonds. The number of nitrogens with one attached hydrogen (secondary N) is 1. The second-order valence-electron chi connectivity index (χ2n) is 6.21. The Bertz CT molecular complexity index is 743. The van der Waals surface area contributed by atoms with Gasteiger partial charge in [0.1, 0.15) is 11.8 Å². The number of piperazine rings is 1. The average Bonchev–Trinajstić information content (AvgIpc) is 3.15. The smallest absolute Gasteiger partial charge is 0.241 e. The fraction of sp³-hybridized carbons (Fsp3) is 0.368. The number of nitrogens with zero attached hydrogens (tertiary/aromatic N) is 3. The molecular formula is C19H22N4O2. The van der Waals surface area contributed by atoms with Crippen LogP contribution < -0.4 is 5.32 Å². The van der Waals surface area contributed by atoms with Crippen LogP contribution in [-0.4, -0.2) is 47.9 Å². The lowest BCUT2D eigenvalue weighted by Crippen LogP contribution is -2.52. The maximum Gasteiger partial charge on any atom is 0.241 e. The first-order valence-corrected chi connectivity index (χ1v) is 8.46. The zero-order valence-electron chi connectivity index (χ0n) is 14.3. The van der Waals surface area contributed by atoms with Gasteiger partial charge >= 0.3 is 0 Å². The van der Waals surface area contributed by atoms with Crippen molar-refractivity contribution in [2.45, 2.75) is 19.5 Å². The SMILES string of the molecule is C[C@@H](C(=O)Nc1ccccc1C#N)N1CCN(Cc2ccco2)CC1. The number of rotatable bonds is 5. The van der Waals surface area contributed by atoms with Crippen molar-refractivity contribution < 1.29 is 9.21 Å². The number of carbonyl (C=O) groups is 1. The Morgan fingerprint density at radius 3 is 2.68 bits per heavy atom. The zero-order valence-corrected chi connectivity index (χ0v) is 14.3. The third-order valence-electron chi connectivity index (χ3n) is 4.60.